The topological polar surface area (TPSA) is 124 Å². The average molecular weight is 472 g/mol. The molecule has 0 aromatic heterocycles. The monoisotopic (exact) mass is 472 g/mol. The van der Waals surface area contributed by atoms with E-state index in [9.17, 15) is 29.3 Å². The average Bonchev–Trinajstić information content (AvgIpc) is 3.11. The molecule has 9 heteroatoms. The molecule has 1 aliphatic heterocycles. The molecule has 0 bridgehead atoms. The molecular weight excluding hydrogens is 452 g/mol. The van der Waals surface area contributed by atoms with E-state index in [1.54, 1.807) is 0 Å². The summed E-state index contributed by atoms with van der Waals surface area (Å²) in [5.41, 5.74) is 0.714. The summed E-state index contributed by atoms with van der Waals surface area (Å²) in [7, 11) is 0. The molecule has 176 valence electrons. The van der Waals surface area contributed by atoms with Gasteiger partial charge in [-0.15, -0.1) is 0 Å². The van der Waals surface area contributed by atoms with Crippen LogP contribution in [0, 0.1) is 16.0 Å². The highest BCUT2D eigenvalue weighted by Crippen LogP contribution is 2.30. The van der Waals surface area contributed by atoms with Gasteiger partial charge >= 0.3 is 5.97 Å². The van der Waals surface area contributed by atoms with Gasteiger partial charge in [-0.3, -0.25) is 24.5 Å². The molecule has 9 nitrogen and oxygen atoms in total. The van der Waals surface area contributed by atoms with Crippen molar-refractivity contribution in [3.8, 4) is 0 Å². The summed E-state index contributed by atoms with van der Waals surface area (Å²) in [6.45, 7) is 4.11. The van der Waals surface area contributed by atoms with Crippen molar-refractivity contribution in [2.75, 3.05) is 11.5 Å². The molecular formula is C26H20N2O7. The van der Waals surface area contributed by atoms with Crippen LogP contribution in [0.25, 0.3) is 0 Å². The number of nitro groups is 1. The van der Waals surface area contributed by atoms with Crippen LogP contribution in [-0.4, -0.2) is 35.1 Å². The summed E-state index contributed by atoms with van der Waals surface area (Å²) < 4.78 is 5.18. The Bertz CT molecular complexity index is 1380. The van der Waals surface area contributed by atoms with Crippen LogP contribution < -0.4 is 4.90 Å². The number of carbonyl (C=O) groups excluding carboxylic acids is 4. The zero-order valence-electron chi connectivity index (χ0n) is 18.9. The number of carbonyl (C=O) groups is 4. The lowest BCUT2D eigenvalue weighted by atomic mass is 9.99. The molecule has 3 aromatic carbocycles. The summed E-state index contributed by atoms with van der Waals surface area (Å²) in [6.07, 6.45) is 0. The SMILES string of the molecule is CC(C)COC(=O)c1ccc(N2C(=O)c3ccc(C(=O)c4cccc([N+](=O)[O-])c4)cc3C2=O)cc1. The molecule has 0 fully saturated rings. The third-order valence-electron chi connectivity index (χ3n) is 5.38. The van der Waals surface area contributed by atoms with E-state index in [-0.39, 0.29) is 51.7 Å². The molecule has 0 aliphatic carbocycles. The lowest BCUT2D eigenvalue weighted by Crippen LogP contribution is -2.29. The Morgan fingerprint density at radius 3 is 2.17 bits per heavy atom. The van der Waals surface area contributed by atoms with Crippen LogP contribution in [0.15, 0.2) is 66.7 Å². The van der Waals surface area contributed by atoms with Gasteiger partial charge in [0.15, 0.2) is 5.78 Å². The number of nitrogens with zero attached hydrogens (tertiary/aromatic N) is 2. The number of fused-ring (bicyclic) bond motifs is 1. The quantitative estimate of drug-likeness (QED) is 0.164. The molecule has 4 rings (SSSR count). The van der Waals surface area contributed by atoms with Gasteiger partial charge in [-0.05, 0) is 42.3 Å². The van der Waals surface area contributed by atoms with Crippen LogP contribution >= 0.6 is 0 Å². The Hall–Kier alpha value is -4.66. The summed E-state index contributed by atoms with van der Waals surface area (Å²) in [4.78, 5) is 62.4. The van der Waals surface area contributed by atoms with Gasteiger partial charge in [0.25, 0.3) is 17.5 Å². The Kier molecular flexibility index (Phi) is 6.24. The zero-order valence-corrected chi connectivity index (χ0v) is 18.9. The number of rotatable bonds is 7. The molecule has 35 heavy (non-hydrogen) atoms. The second-order valence-corrected chi connectivity index (χ2v) is 8.38. The number of nitro benzene ring substituents is 1. The number of amides is 2. The first-order chi connectivity index (χ1) is 16.7. The van der Waals surface area contributed by atoms with E-state index in [4.69, 9.17) is 4.74 Å². The van der Waals surface area contributed by atoms with E-state index >= 15 is 0 Å². The summed E-state index contributed by atoms with van der Waals surface area (Å²) in [6, 6.07) is 15.3. The minimum Gasteiger partial charge on any atom is -0.462 e. The van der Waals surface area contributed by atoms with Gasteiger partial charge in [0, 0.05) is 23.3 Å². The van der Waals surface area contributed by atoms with Crippen molar-refractivity contribution in [3.63, 3.8) is 0 Å². The molecule has 3 aromatic rings. The van der Waals surface area contributed by atoms with Gasteiger partial charge in [0.2, 0.25) is 0 Å². The van der Waals surface area contributed by atoms with Crippen LogP contribution in [0.5, 0.6) is 0 Å². The number of hydrogen-bond donors (Lipinski definition) is 0. The Labute approximate surface area is 200 Å². The maximum absolute atomic E-state index is 13.1. The number of hydrogen-bond acceptors (Lipinski definition) is 7. The largest absolute Gasteiger partial charge is 0.462 e. The molecule has 0 saturated carbocycles. The lowest BCUT2D eigenvalue weighted by Gasteiger charge is -2.14. The Balaban J connectivity index is 1.58. The molecule has 0 atom stereocenters. The molecule has 1 heterocycles. The van der Waals surface area contributed by atoms with E-state index in [0.717, 1.165) is 11.0 Å². The van der Waals surface area contributed by atoms with Gasteiger partial charge in [0.1, 0.15) is 0 Å². The number of benzene rings is 3. The maximum atomic E-state index is 13.1. The molecule has 1 aliphatic rings. The smallest absolute Gasteiger partial charge is 0.338 e. The van der Waals surface area contributed by atoms with Crippen LogP contribution in [0.2, 0.25) is 0 Å². The fraction of sp³-hybridized carbons (Fsp3) is 0.154. The predicted octanol–water partition coefficient (Wildman–Crippen LogP) is 4.44. The normalized spacial score (nSPS) is 12.6. The van der Waals surface area contributed by atoms with Crippen LogP contribution in [0.1, 0.15) is 60.8 Å². The van der Waals surface area contributed by atoms with E-state index in [1.807, 2.05) is 13.8 Å². The third kappa shape index (κ3) is 4.56. The van der Waals surface area contributed by atoms with Crippen molar-refractivity contribution >= 4 is 34.9 Å². The Morgan fingerprint density at radius 2 is 1.51 bits per heavy atom. The second kappa shape index (κ2) is 9.30. The van der Waals surface area contributed by atoms with Gasteiger partial charge in [-0.2, -0.15) is 0 Å². The molecule has 0 radical (unpaired) electrons. The van der Waals surface area contributed by atoms with Crippen molar-refractivity contribution < 1.29 is 28.8 Å². The van der Waals surface area contributed by atoms with Crippen molar-refractivity contribution in [3.05, 3.63) is 105 Å². The number of non-ortho nitro benzene ring substituents is 1. The maximum Gasteiger partial charge on any atom is 0.338 e. The summed E-state index contributed by atoms with van der Waals surface area (Å²) in [5.74, 6) is -2.01. The summed E-state index contributed by atoms with van der Waals surface area (Å²) in [5, 5.41) is 11.0. The number of ketones is 1. The van der Waals surface area contributed by atoms with Gasteiger partial charge < -0.3 is 4.74 Å². The van der Waals surface area contributed by atoms with Crippen molar-refractivity contribution in [1.82, 2.24) is 0 Å². The number of imide groups is 1. The lowest BCUT2D eigenvalue weighted by molar-refractivity contribution is -0.384. The summed E-state index contributed by atoms with van der Waals surface area (Å²) >= 11 is 0. The first-order valence-corrected chi connectivity index (χ1v) is 10.8. The second-order valence-electron chi connectivity index (χ2n) is 8.38. The first-order valence-electron chi connectivity index (χ1n) is 10.8. The van der Waals surface area contributed by atoms with E-state index < -0.39 is 28.5 Å². The number of anilines is 1. The minimum absolute atomic E-state index is 0.0479. The van der Waals surface area contributed by atoms with Crippen molar-refractivity contribution in [2.45, 2.75) is 13.8 Å². The van der Waals surface area contributed by atoms with Gasteiger partial charge in [-0.1, -0.05) is 32.0 Å². The highest BCUT2D eigenvalue weighted by molar-refractivity contribution is 6.35. The molecule has 0 N–H and O–H groups in total. The fourth-order valence-corrected chi connectivity index (χ4v) is 3.62. The van der Waals surface area contributed by atoms with Crippen molar-refractivity contribution in [2.24, 2.45) is 5.92 Å². The fourth-order valence-electron chi connectivity index (χ4n) is 3.62. The number of ether oxygens (including phenoxy) is 1. The highest BCUT2D eigenvalue weighted by atomic mass is 16.6. The molecule has 0 saturated heterocycles. The zero-order chi connectivity index (χ0) is 25.3. The van der Waals surface area contributed by atoms with E-state index in [1.165, 1.54) is 60.7 Å². The van der Waals surface area contributed by atoms with Crippen molar-refractivity contribution in [1.29, 1.82) is 0 Å². The standard InChI is InChI=1S/C26H20N2O7/c1-15(2)14-35-26(32)16-6-9-19(10-7-16)27-24(30)21-11-8-18(13-22(21)25(27)31)23(29)17-4-3-5-20(12-17)28(33)34/h3-13,15H,14H2,1-2H3. The Morgan fingerprint density at radius 1 is 0.886 bits per heavy atom. The third-order valence-corrected chi connectivity index (χ3v) is 5.38. The van der Waals surface area contributed by atoms with Gasteiger partial charge in [0.05, 0.1) is 33.9 Å². The minimum atomic E-state index is -0.617. The predicted molar refractivity (Wildman–Crippen MR) is 126 cm³/mol. The molecule has 2 amide bonds. The van der Waals surface area contributed by atoms with Gasteiger partial charge in [-0.25, -0.2) is 9.69 Å². The highest BCUT2D eigenvalue weighted by Gasteiger charge is 2.37. The van der Waals surface area contributed by atoms with E-state index in [0.29, 0.717) is 0 Å². The van der Waals surface area contributed by atoms with Crippen LogP contribution in [0.3, 0.4) is 0 Å². The molecule has 0 unspecified atom stereocenters. The van der Waals surface area contributed by atoms with E-state index in [2.05, 4.69) is 0 Å². The van der Waals surface area contributed by atoms with Crippen LogP contribution in [-0.2, 0) is 4.74 Å². The molecule has 0 spiro atoms. The van der Waals surface area contributed by atoms with Crippen LogP contribution in [0.4, 0.5) is 11.4 Å². The first kappa shape index (κ1) is 23.5. The number of esters is 1.